The molecule has 8 heteroatoms. The zero-order valence-corrected chi connectivity index (χ0v) is 22.0. The molecule has 0 spiro atoms. The van der Waals surface area contributed by atoms with Gasteiger partial charge in [0.25, 0.3) is 0 Å². The average molecular weight is 528 g/mol. The monoisotopic (exact) mass is 527 g/mol. The molecule has 1 aliphatic carbocycles. The summed E-state index contributed by atoms with van der Waals surface area (Å²) in [7, 11) is 1.44. The maximum absolute atomic E-state index is 13.0. The van der Waals surface area contributed by atoms with Gasteiger partial charge in [0.15, 0.2) is 0 Å². The number of ether oxygens (including phenoxy) is 4. The normalized spacial score (nSPS) is 20.6. The van der Waals surface area contributed by atoms with E-state index in [1.807, 2.05) is 91.0 Å². The number of methoxy groups -OCH3 is 1. The molecule has 8 nitrogen and oxygen atoms in total. The molecule has 1 aromatic heterocycles. The van der Waals surface area contributed by atoms with Crippen molar-refractivity contribution in [3.05, 3.63) is 124 Å². The number of nitrogens with zero attached hydrogens (tertiary/aromatic N) is 3. The van der Waals surface area contributed by atoms with Crippen LogP contribution in [0.3, 0.4) is 0 Å². The first-order valence-electron chi connectivity index (χ1n) is 13.1. The van der Waals surface area contributed by atoms with Crippen molar-refractivity contribution in [2.45, 2.75) is 44.5 Å². The highest BCUT2D eigenvalue weighted by Crippen LogP contribution is 2.40. The third kappa shape index (κ3) is 6.97. The van der Waals surface area contributed by atoms with E-state index in [1.54, 1.807) is 0 Å². The fraction of sp³-hybridized carbons (Fsp3) is 0.323. The molecule has 0 radical (unpaired) electrons. The fourth-order valence-electron chi connectivity index (χ4n) is 5.03. The molecule has 4 atom stereocenters. The van der Waals surface area contributed by atoms with Gasteiger partial charge in [-0.2, -0.15) is 4.98 Å². The highest BCUT2D eigenvalue weighted by molar-refractivity contribution is 5.15. The summed E-state index contributed by atoms with van der Waals surface area (Å²) in [4.78, 5) is 21.2. The maximum Gasteiger partial charge on any atom is 0.353 e. The van der Waals surface area contributed by atoms with E-state index in [4.69, 9.17) is 18.9 Å². The van der Waals surface area contributed by atoms with E-state index in [-0.39, 0.29) is 24.1 Å². The van der Waals surface area contributed by atoms with E-state index in [0.29, 0.717) is 32.8 Å². The second-order valence-corrected chi connectivity index (χ2v) is 9.62. The zero-order valence-electron chi connectivity index (χ0n) is 22.0. The van der Waals surface area contributed by atoms with Crippen LogP contribution in [0, 0.1) is 5.92 Å². The molecule has 1 heterocycles. The summed E-state index contributed by atoms with van der Waals surface area (Å²) < 4.78 is 25.9. The van der Waals surface area contributed by atoms with Crippen LogP contribution in [0.1, 0.15) is 29.2 Å². The highest BCUT2D eigenvalue weighted by atomic mass is 16.5. The van der Waals surface area contributed by atoms with E-state index in [9.17, 15) is 4.79 Å². The van der Waals surface area contributed by atoms with Crippen LogP contribution in [-0.4, -0.2) is 40.5 Å². The first kappa shape index (κ1) is 26.7. The molecule has 1 saturated carbocycles. The molecule has 39 heavy (non-hydrogen) atoms. The molecule has 4 aromatic rings. The van der Waals surface area contributed by atoms with Gasteiger partial charge in [0.1, 0.15) is 12.4 Å². The molecule has 3 aromatic carbocycles. The Kier molecular flexibility index (Phi) is 9.11. The smallest absolute Gasteiger partial charge is 0.353 e. The van der Waals surface area contributed by atoms with Gasteiger partial charge in [0.2, 0.25) is 0 Å². The third-order valence-corrected chi connectivity index (χ3v) is 6.97. The highest BCUT2D eigenvalue weighted by Gasteiger charge is 2.46. The Hall–Kier alpha value is -3.85. The van der Waals surface area contributed by atoms with Crippen molar-refractivity contribution in [2.24, 2.45) is 5.92 Å². The first-order valence-corrected chi connectivity index (χ1v) is 13.1. The van der Waals surface area contributed by atoms with E-state index in [1.165, 1.54) is 18.0 Å². The molecule has 0 saturated heterocycles. The largest absolute Gasteiger partial charge is 0.467 e. The standard InChI is InChI=1S/C31H33N3O5/c1-36-30-32-22-34(31(35)33-30)27-17-26(21-37-18-23-11-5-2-6-12-23)28(38-19-24-13-7-3-8-14-24)29(27)39-20-25-15-9-4-10-16-25/h2-16,22,26-29H,17-21H2,1H3. The summed E-state index contributed by atoms with van der Waals surface area (Å²) in [5, 5.41) is 0. The molecule has 5 rings (SSSR count). The van der Waals surface area contributed by atoms with Crippen LogP contribution in [0.25, 0.3) is 0 Å². The summed E-state index contributed by atoms with van der Waals surface area (Å²) >= 11 is 0. The summed E-state index contributed by atoms with van der Waals surface area (Å²) in [6.45, 7) is 1.76. The second kappa shape index (κ2) is 13.3. The Bertz CT molecular complexity index is 1350. The van der Waals surface area contributed by atoms with Crippen LogP contribution in [-0.2, 0) is 34.0 Å². The van der Waals surface area contributed by atoms with Gasteiger partial charge >= 0.3 is 11.7 Å². The number of hydrogen-bond donors (Lipinski definition) is 0. The zero-order chi connectivity index (χ0) is 26.9. The SMILES string of the molecule is COc1ncn(C2CC(COCc3ccccc3)C(OCc3ccccc3)C2OCc2ccccc2)c(=O)n1. The van der Waals surface area contributed by atoms with Crippen LogP contribution in [0.4, 0.5) is 0 Å². The van der Waals surface area contributed by atoms with Crippen molar-refractivity contribution >= 4 is 0 Å². The van der Waals surface area contributed by atoms with Crippen molar-refractivity contribution in [3.63, 3.8) is 0 Å². The lowest BCUT2D eigenvalue weighted by Gasteiger charge is -2.28. The summed E-state index contributed by atoms with van der Waals surface area (Å²) in [5.41, 5.74) is 2.77. The molecule has 0 bridgehead atoms. The maximum atomic E-state index is 13.0. The van der Waals surface area contributed by atoms with E-state index >= 15 is 0 Å². The lowest BCUT2D eigenvalue weighted by molar-refractivity contribution is -0.103. The molecule has 4 unspecified atom stereocenters. The van der Waals surface area contributed by atoms with Crippen molar-refractivity contribution in [2.75, 3.05) is 13.7 Å². The molecule has 202 valence electrons. The van der Waals surface area contributed by atoms with Crippen LogP contribution >= 0.6 is 0 Å². The Balaban J connectivity index is 1.41. The number of hydrogen-bond acceptors (Lipinski definition) is 7. The predicted octanol–water partition coefficient (Wildman–Crippen LogP) is 4.60. The Morgan fingerprint density at radius 2 is 1.31 bits per heavy atom. The van der Waals surface area contributed by atoms with E-state index in [2.05, 4.69) is 9.97 Å². The van der Waals surface area contributed by atoms with Gasteiger partial charge in [0, 0.05) is 5.92 Å². The third-order valence-electron chi connectivity index (χ3n) is 6.97. The van der Waals surface area contributed by atoms with Crippen molar-refractivity contribution < 1.29 is 18.9 Å². The molecule has 0 aliphatic heterocycles. The summed E-state index contributed by atoms with van der Waals surface area (Å²) in [5.74, 6) is -0.0165. The fourth-order valence-corrected chi connectivity index (χ4v) is 5.03. The van der Waals surface area contributed by atoms with Crippen LogP contribution in [0.15, 0.2) is 102 Å². The lowest BCUT2D eigenvalue weighted by atomic mass is 10.1. The van der Waals surface area contributed by atoms with Gasteiger partial charge in [-0.15, -0.1) is 4.98 Å². The van der Waals surface area contributed by atoms with Gasteiger partial charge in [-0.25, -0.2) is 4.79 Å². The number of aromatic nitrogens is 3. The van der Waals surface area contributed by atoms with Crippen LogP contribution in [0.5, 0.6) is 6.01 Å². The number of rotatable bonds is 12. The molecule has 0 N–H and O–H groups in total. The topological polar surface area (TPSA) is 84.7 Å². The van der Waals surface area contributed by atoms with E-state index < -0.39 is 11.8 Å². The van der Waals surface area contributed by atoms with Crippen LogP contribution in [0.2, 0.25) is 0 Å². The minimum Gasteiger partial charge on any atom is -0.467 e. The molecule has 1 aliphatic rings. The van der Waals surface area contributed by atoms with Crippen LogP contribution < -0.4 is 10.4 Å². The molecular formula is C31H33N3O5. The average Bonchev–Trinajstić information content (AvgIpc) is 3.33. The lowest BCUT2D eigenvalue weighted by Crippen LogP contribution is -2.38. The van der Waals surface area contributed by atoms with Crippen molar-refractivity contribution in [3.8, 4) is 6.01 Å². The first-order chi connectivity index (χ1) is 19.2. The molecule has 0 amide bonds. The van der Waals surface area contributed by atoms with Gasteiger partial charge in [-0.05, 0) is 23.1 Å². The Morgan fingerprint density at radius 3 is 1.85 bits per heavy atom. The summed E-state index contributed by atoms with van der Waals surface area (Å²) in [6.07, 6.45) is 1.36. The second-order valence-electron chi connectivity index (χ2n) is 9.62. The Morgan fingerprint density at radius 1 is 0.769 bits per heavy atom. The van der Waals surface area contributed by atoms with Crippen molar-refractivity contribution in [1.82, 2.24) is 14.5 Å². The predicted molar refractivity (Wildman–Crippen MR) is 146 cm³/mol. The minimum absolute atomic E-state index is 0.0165. The van der Waals surface area contributed by atoms with Gasteiger partial charge in [0.05, 0.1) is 45.7 Å². The van der Waals surface area contributed by atoms with E-state index in [0.717, 1.165) is 16.7 Å². The van der Waals surface area contributed by atoms with Gasteiger partial charge in [-0.1, -0.05) is 91.0 Å². The summed E-state index contributed by atoms with van der Waals surface area (Å²) in [6, 6.07) is 29.8. The van der Waals surface area contributed by atoms with Crippen molar-refractivity contribution in [1.29, 1.82) is 0 Å². The van der Waals surface area contributed by atoms with Gasteiger partial charge < -0.3 is 18.9 Å². The molecule has 1 fully saturated rings. The quantitative estimate of drug-likeness (QED) is 0.266. The number of benzene rings is 3. The van der Waals surface area contributed by atoms with Gasteiger partial charge in [-0.3, -0.25) is 4.57 Å². The Labute approximate surface area is 228 Å². The minimum atomic E-state index is -0.437. The molecular weight excluding hydrogens is 494 g/mol.